The third kappa shape index (κ3) is 3.36. The summed E-state index contributed by atoms with van der Waals surface area (Å²) in [5, 5.41) is 6.86. The van der Waals surface area contributed by atoms with E-state index >= 15 is 0 Å². The van der Waals surface area contributed by atoms with Crippen LogP contribution < -0.4 is 10.6 Å². The number of carbonyl (C=O) groups is 1. The first kappa shape index (κ1) is 15.1. The summed E-state index contributed by atoms with van der Waals surface area (Å²) in [5.41, 5.74) is 1.92. The molecule has 23 heavy (non-hydrogen) atoms. The Hall–Kier alpha value is -2.76. The fourth-order valence-electron chi connectivity index (χ4n) is 2.67. The van der Waals surface area contributed by atoms with Gasteiger partial charge in [-0.15, -0.1) is 0 Å². The lowest BCUT2D eigenvalue weighted by Crippen LogP contribution is -2.30. The number of hydrogen-bond donors (Lipinski definition) is 2. The van der Waals surface area contributed by atoms with Crippen molar-refractivity contribution in [3.05, 3.63) is 48.7 Å². The van der Waals surface area contributed by atoms with Crippen molar-refractivity contribution >= 4 is 22.6 Å². The predicted octanol–water partition coefficient (Wildman–Crippen LogP) is 2.90. The van der Waals surface area contributed by atoms with Crippen LogP contribution in [0.15, 0.2) is 42.9 Å². The molecule has 2 aromatic heterocycles. The Bertz CT molecular complexity index is 817. The number of aryl methyl sites for hydroxylation is 3. The van der Waals surface area contributed by atoms with Crippen molar-refractivity contribution < 1.29 is 4.79 Å². The summed E-state index contributed by atoms with van der Waals surface area (Å²) in [6, 6.07) is 7.72. The van der Waals surface area contributed by atoms with E-state index in [9.17, 15) is 4.79 Å². The van der Waals surface area contributed by atoms with Crippen LogP contribution >= 0.6 is 0 Å². The molecule has 0 atom stereocenters. The summed E-state index contributed by atoms with van der Waals surface area (Å²) in [6.45, 7) is 3.44. The lowest BCUT2D eigenvalue weighted by atomic mass is 10.2. The molecular formula is C17H21N5O. The molecule has 0 fully saturated rings. The van der Waals surface area contributed by atoms with Gasteiger partial charge >= 0.3 is 6.03 Å². The van der Waals surface area contributed by atoms with Gasteiger partial charge in [-0.05, 0) is 31.5 Å². The molecule has 0 aliphatic carbocycles. The normalized spacial score (nSPS) is 10.9. The number of benzene rings is 1. The first-order valence-electron chi connectivity index (χ1n) is 7.72. The van der Waals surface area contributed by atoms with Crippen molar-refractivity contribution in [1.82, 2.24) is 19.4 Å². The van der Waals surface area contributed by atoms with E-state index in [-0.39, 0.29) is 6.03 Å². The van der Waals surface area contributed by atoms with Crippen LogP contribution in [0.25, 0.3) is 10.9 Å². The number of aromatic nitrogens is 3. The van der Waals surface area contributed by atoms with Crippen LogP contribution in [0.4, 0.5) is 10.5 Å². The van der Waals surface area contributed by atoms with Crippen LogP contribution in [0.1, 0.15) is 12.2 Å². The highest BCUT2D eigenvalue weighted by atomic mass is 16.2. The molecule has 0 bridgehead atoms. The minimum atomic E-state index is -0.177. The highest BCUT2D eigenvalue weighted by Gasteiger charge is 2.07. The lowest BCUT2D eigenvalue weighted by molar-refractivity contribution is 0.252. The lowest BCUT2D eigenvalue weighted by Gasteiger charge is -2.10. The molecule has 2 N–H and O–H groups in total. The zero-order valence-electron chi connectivity index (χ0n) is 13.4. The Kier molecular flexibility index (Phi) is 4.32. The zero-order valence-corrected chi connectivity index (χ0v) is 13.4. The fourth-order valence-corrected chi connectivity index (χ4v) is 2.67. The van der Waals surface area contributed by atoms with Gasteiger partial charge in [0.2, 0.25) is 0 Å². The average molecular weight is 311 g/mol. The van der Waals surface area contributed by atoms with Crippen LogP contribution in [0.3, 0.4) is 0 Å². The Morgan fingerprint density at radius 1 is 1.26 bits per heavy atom. The number of hydrogen-bond acceptors (Lipinski definition) is 2. The average Bonchev–Trinajstić information content (AvgIpc) is 3.11. The van der Waals surface area contributed by atoms with Gasteiger partial charge in [-0.3, -0.25) is 0 Å². The predicted molar refractivity (Wildman–Crippen MR) is 91.5 cm³/mol. The Labute approximate surface area is 135 Å². The molecule has 2 heterocycles. The van der Waals surface area contributed by atoms with Gasteiger partial charge < -0.3 is 19.8 Å². The van der Waals surface area contributed by atoms with Gasteiger partial charge in [0.25, 0.3) is 0 Å². The van der Waals surface area contributed by atoms with E-state index in [4.69, 9.17) is 0 Å². The summed E-state index contributed by atoms with van der Waals surface area (Å²) in [4.78, 5) is 16.2. The van der Waals surface area contributed by atoms with E-state index in [1.165, 1.54) is 0 Å². The Morgan fingerprint density at radius 3 is 2.91 bits per heavy atom. The molecule has 0 aliphatic rings. The molecule has 0 radical (unpaired) electrons. The second-order valence-corrected chi connectivity index (χ2v) is 5.57. The number of urea groups is 1. The smallest absolute Gasteiger partial charge is 0.319 e. The van der Waals surface area contributed by atoms with Crippen LogP contribution in [0, 0.1) is 6.92 Å². The molecule has 1 aromatic carbocycles. The second-order valence-electron chi connectivity index (χ2n) is 5.57. The van der Waals surface area contributed by atoms with E-state index in [2.05, 4.69) is 20.2 Å². The first-order valence-corrected chi connectivity index (χ1v) is 7.72. The highest BCUT2D eigenvalue weighted by molar-refractivity contribution is 6.00. The van der Waals surface area contributed by atoms with Crippen molar-refractivity contribution in [1.29, 1.82) is 0 Å². The first-order chi connectivity index (χ1) is 11.1. The third-order valence-corrected chi connectivity index (χ3v) is 3.96. The molecule has 6 nitrogen and oxygen atoms in total. The number of nitrogens with one attached hydrogen (secondary N) is 2. The zero-order chi connectivity index (χ0) is 16.2. The van der Waals surface area contributed by atoms with Gasteiger partial charge in [-0.25, -0.2) is 9.78 Å². The topological polar surface area (TPSA) is 63.9 Å². The largest absolute Gasteiger partial charge is 0.350 e. The van der Waals surface area contributed by atoms with Gasteiger partial charge in [-0.2, -0.15) is 0 Å². The number of imidazole rings is 1. The quantitative estimate of drug-likeness (QED) is 0.712. The van der Waals surface area contributed by atoms with Gasteiger partial charge in [0.1, 0.15) is 5.82 Å². The minimum absolute atomic E-state index is 0.177. The molecule has 3 aromatic rings. The minimum Gasteiger partial charge on any atom is -0.350 e. The third-order valence-electron chi connectivity index (χ3n) is 3.96. The molecule has 2 amide bonds. The number of nitrogens with zero attached hydrogens (tertiary/aromatic N) is 3. The van der Waals surface area contributed by atoms with E-state index in [1.54, 1.807) is 6.20 Å². The summed E-state index contributed by atoms with van der Waals surface area (Å²) in [6.07, 6.45) is 6.59. The molecule has 0 unspecified atom stereocenters. The monoisotopic (exact) mass is 311 g/mol. The molecule has 6 heteroatoms. The fraction of sp³-hybridized carbons (Fsp3) is 0.294. The molecule has 120 valence electrons. The molecule has 0 saturated carbocycles. The van der Waals surface area contributed by atoms with Crippen LogP contribution in [-0.2, 0) is 13.6 Å². The maximum atomic E-state index is 12.0. The van der Waals surface area contributed by atoms with Crippen molar-refractivity contribution in [2.24, 2.45) is 7.05 Å². The number of amides is 2. The Morgan fingerprint density at radius 2 is 2.13 bits per heavy atom. The second kappa shape index (κ2) is 6.56. The molecule has 3 rings (SSSR count). The SMILES string of the molecule is Cc1nccn1CCCNC(=O)Nc1cccc2c1ccn2C. The number of fused-ring (bicyclic) bond motifs is 1. The van der Waals surface area contributed by atoms with Crippen molar-refractivity contribution in [3.63, 3.8) is 0 Å². The molecular weight excluding hydrogens is 290 g/mol. The number of anilines is 1. The number of carbonyl (C=O) groups excluding carboxylic acids is 1. The van der Waals surface area contributed by atoms with Gasteiger partial charge in [0, 0.05) is 49.6 Å². The molecule has 0 spiro atoms. The van der Waals surface area contributed by atoms with Gasteiger partial charge in [-0.1, -0.05) is 6.07 Å². The Balaban J connectivity index is 1.52. The van der Waals surface area contributed by atoms with Crippen molar-refractivity contribution in [2.75, 3.05) is 11.9 Å². The number of rotatable bonds is 5. The maximum absolute atomic E-state index is 12.0. The maximum Gasteiger partial charge on any atom is 0.319 e. The highest BCUT2D eigenvalue weighted by Crippen LogP contribution is 2.23. The van der Waals surface area contributed by atoms with Crippen molar-refractivity contribution in [3.8, 4) is 0 Å². The summed E-state index contributed by atoms with van der Waals surface area (Å²) < 4.78 is 4.11. The molecule has 0 aliphatic heterocycles. The summed E-state index contributed by atoms with van der Waals surface area (Å²) in [5.74, 6) is 0.991. The standard InChI is InChI=1S/C17H21N5O/c1-13-18-9-12-22(13)10-4-8-19-17(23)20-15-5-3-6-16-14(15)7-11-21(16)2/h3,5-7,9,11-12H,4,8,10H2,1-2H3,(H2,19,20,23). The van der Waals surface area contributed by atoms with Gasteiger partial charge in [0.05, 0.1) is 5.69 Å². The van der Waals surface area contributed by atoms with Gasteiger partial charge in [0.15, 0.2) is 0 Å². The van der Waals surface area contributed by atoms with Crippen LogP contribution in [0.5, 0.6) is 0 Å². The summed E-state index contributed by atoms with van der Waals surface area (Å²) in [7, 11) is 1.99. The van der Waals surface area contributed by atoms with E-state index in [0.29, 0.717) is 6.54 Å². The van der Waals surface area contributed by atoms with Crippen LogP contribution in [-0.4, -0.2) is 26.7 Å². The van der Waals surface area contributed by atoms with E-state index < -0.39 is 0 Å². The van der Waals surface area contributed by atoms with E-state index in [1.807, 2.05) is 55.2 Å². The van der Waals surface area contributed by atoms with Crippen LogP contribution in [0.2, 0.25) is 0 Å². The summed E-state index contributed by atoms with van der Waals surface area (Å²) >= 11 is 0. The van der Waals surface area contributed by atoms with Crippen molar-refractivity contribution in [2.45, 2.75) is 19.9 Å². The molecule has 0 saturated heterocycles. The van der Waals surface area contributed by atoms with E-state index in [0.717, 1.165) is 35.4 Å².